The first-order valence-electron chi connectivity index (χ1n) is 6.20. The summed E-state index contributed by atoms with van der Waals surface area (Å²) in [5, 5.41) is 0. The van der Waals surface area contributed by atoms with Gasteiger partial charge in [0, 0.05) is 24.7 Å². The van der Waals surface area contributed by atoms with Crippen LogP contribution in [0, 0.1) is 6.92 Å². The molecule has 0 unspecified atom stereocenters. The Morgan fingerprint density at radius 2 is 2.06 bits per heavy atom. The van der Waals surface area contributed by atoms with E-state index in [1.54, 1.807) is 0 Å². The molecular formula is C13H19BrN2O2. The van der Waals surface area contributed by atoms with Gasteiger partial charge in [-0.25, -0.2) is 0 Å². The highest BCUT2D eigenvalue weighted by atomic mass is 79.9. The lowest BCUT2D eigenvalue weighted by Gasteiger charge is -2.34. The Bertz CT molecular complexity index is 434. The SMILES string of the molecule is Cc1cc(Br)oc1C(=O)N1CCC(N(C)C)CC1. The van der Waals surface area contributed by atoms with Crippen molar-refractivity contribution in [3.63, 3.8) is 0 Å². The molecule has 5 heteroatoms. The number of hydrogen-bond acceptors (Lipinski definition) is 3. The molecule has 0 aromatic carbocycles. The highest BCUT2D eigenvalue weighted by molar-refractivity contribution is 9.10. The molecule has 1 aliphatic rings. The summed E-state index contributed by atoms with van der Waals surface area (Å²) in [7, 11) is 4.19. The predicted molar refractivity (Wildman–Crippen MR) is 73.8 cm³/mol. The van der Waals surface area contributed by atoms with Crippen LogP contribution in [0.15, 0.2) is 15.2 Å². The van der Waals surface area contributed by atoms with Crippen LogP contribution in [0.3, 0.4) is 0 Å². The molecule has 1 fully saturated rings. The lowest BCUT2D eigenvalue weighted by molar-refractivity contribution is 0.0629. The topological polar surface area (TPSA) is 36.7 Å². The molecule has 2 heterocycles. The van der Waals surface area contributed by atoms with Crippen molar-refractivity contribution in [2.75, 3.05) is 27.2 Å². The minimum absolute atomic E-state index is 0.00964. The van der Waals surface area contributed by atoms with E-state index in [0.717, 1.165) is 31.5 Å². The van der Waals surface area contributed by atoms with E-state index in [2.05, 4.69) is 34.9 Å². The molecule has 0 bridgehead atoms. The average molecular weight is 315 g/mol. The maximum atomic E-state index is 12.3. The minimum Gasteiger partial charge on any atom is -0.444 e. The normalized spacial score (nSPS) is 17.5. The lowest BCUT2D eigenvalue weighted by Crippen LogP contribution is -2.44. The van der Waals surface area contributed by atoms with E-state index in [4.69, 9.17) is 4.42 Å². The highest BCUT2D eigenvalue weighted by Gasteiger charge is 2.27. The first kappa shape index (κ1) is 13.6. The summed E-state index contributed by atoms with van der Waals surface area (Å²) < 4.78 is 6.04. The molecule has 0 N–H and O–H groups in total. The van der Waals surface area contributed by atoms with Crippen LogP contribution >= 0.6 is 15.9 Å². The van der Waals surface area contributed by atoms with E-state index in [-0.39, 0.29) is 5.91 Å². The fourth-order valence-electron chi connectivity index (χ4n) is 2.38. The molecule has 1 amide bonds. The Morgan fingerprint density at radius 1 is 1.44 bits per heavy atom. The number of nitrogens with zero attached hydrogens (tertiary/aromatic N) is 2. The Labute approximate surface area is 116 Å². The first-order valence-corrected chi connectivity index (χ1v) is 7.00. The molecule has 1 aromatic rings. The van der Waals surface area contributed by atoms with Crippen molar-refractivity contribution in [3.8, 4) is 0 Å². The monoisotopic (exact) mass is 314 g/mol. The number of rotatable bonds is 2. The zero-order chi connectivity index (χ0) is 13.3. The number of piperidine rings is 1. The van der Waals surface area contributed by atoms with Crippen LogP contribution in [-0.2, 0) is 0 Å². The summed E-state index contributed by atoms with van der Waals surface area (Å²) >= 11 is 3.26. The third kappa shape index (κ3) is 2.78. The third-order valence-corrected chi connectivity index (χ3v) is 3.95. The summed E-state index contributed by atoms with van der Waals surface area (Å²) in [5.41, 5.74) is 0.890. The molecule has 2 rings (SSSR count). The maximum absolute atomic E-state index is 12.3. The van der Waals surface area contributed by atoms with Crippen LogP contribution in [0.5, 0.6) is 0 Å². The van der Waals surface area contributed by atoms with Crippen LogP contribution in [0.2, 0.25) is 0 Å². The van der Waals surface area contributed by atoms with Crippen molar-refractivity contribution in [1.29, 1.82) is 0 Å². The number of halogens is 1. The van der Waals surface area contributed by atoms with Crippen molar-refractivity contribution in [2.45, 2.75) is 25.8 Å². The van der Waals surface area contributed by atoms with Crippen LogP contribution in [0.25, 0.3) is 0 Å². The number of furan rings is 1. The fourth-order valence-corrected chi connectivity index (χ4v) is 2.89. The second-order valence-corrected chi connectivity index (χ2v) is 5.83. The van der Waals surface area contributed by atoms with Gasteiger partial charge in [0.05, 0.1) is 0 Å². The smallest absolute Gasteiger partial charge is 0.289 e. The van der Waals surface area contributed by atoms with Crippen LogP contribution < -0.4 is 0 Å². The third-order valence-electron chi connectivity index (χ3n) is 3.56. The van der Waals surface area contributed by atoms with Crippen molar-refractivity contribution in [3.05, 3.63) is 22.1 Å². The Kier molecular flexibility index (Phi) is 4.12. The fraction of sp³-hybridized carbons (Fsp3) is 0.615. The van der Waals surface area contributed by atoms with E-state index in [1.165, 1.54) is 0 Å². The molecule has 100 valence electrons. The van der Waals surface area contributed by atoms with Gasteiger partial charge in [-0.3, -0.25) is 4.79 Å². The van der Waals surface area contributed by atoms with Gasteiger partial charge in [-0.1, -0.05) is 0 Å². The molecule has 1 aromatic heterocycles. The molecule has 0 spiro atoms. The van der Waals surface area contributed by atoms with Crippen molar-refractivity contribution in [2.24, 2.45) is 0 Å². The Hall–Kier alpha value is -0.810. The van der Waals surface area contributed by atoms with Crippen LogP contribution in [-0.4, -0.2) is 48.9 Å². The van der Waals surface area contributed by atoms with Gasteiger partial charge in [0.2, 0.25) is 0 Å². The highest BCUT2D eigenvalue weighted by Crippen LogP contribution is 2.23. The lowest BCUT2D eigenvalue weighted by atomic mass is 10.0. The van der Waals surface area contributed by atoms with Gasteiger partial charge in [-0.2, -0.15) is 0 Å². The molecule has 18 heavy (non-hydrogen) atoms. The quantitative estimate of drug-likeness (QED) is 0.841. The van der Waals surface area contributed by atoms with Gasteiger partial charge in [-0.05, 0) is 55.9 Å². The van der Waals surface area contributed by atoms with Gasteiger partial charge in [0.25, 0.3) is 5.91 Å². The number of amides is 1. The zero-order valence-electron chi connectivity index (χ0n) is 11.1. The molecule has 1 saturated heterocycles. The maximum Gasteiger partial charge on any atom is 0.289 e. The molecular weight excluding hydrogens is 296 g/mol. The van der Waals surface area contributed by atoms with E-state index in [1.807, 2.05) is 17.9 Å². The summed E-state index contributed by atoms with van der Waals surface area (Å²) in [6.07, 6.45) is 2.05. The second kappa shape index (κ2) is 5.45. The van der Waals surface area contributed by atoms with Crippen LogP contribution in [0.1, 0.15) is 29.0 Å². The molecule has 0 atom stereocenters. The van der Waals surface area contributed by atoms with Crippen LogP contribution in [0.4, 0.5) is 0 Å². The molecule has 1 aliphatic heterocycles. The van der Waals surface area contributed by atoms with E-state index in [9.17, 15) is 4.79 Å². The average Bonchev–Trinajstić information content (AvgIpc) is 2.67. The molecule has 0 aliphatic carbocycles. The number of hydrogen-bond donors (Lipinski definition) is 0. The summed E-state index contributed by atoms with van der Waals surface area (Å²) in [4.78, 5) is 16.4. The largest absolute Gasteiger partial charge is 0.444 e. The first-order chi connectivity index (χ1) is 8.49. The second-order valence-electron chi connectivity index (χ2n) is 5.05. The molecule has 0 radical (unpaired) electrons. The van der Waals surface area contributed by atoms with Crippen molar-refractivity contribution < 1.29 is 9.21 Å². The zero-order valence-corrected chi connectivity index (χ0v) is 12.7. The number of likely N-dealkylation sites (tertiary alicyclic amines) is 1. The standard InChI is InChI=1S/C13H19BrN2O2/c1-9-8-11(14)18-12(9)13(17)16-6-4-10(5-7-16)15(2)3/h8,10H,4-7H2,1-3H3. The van der Waals surface area contributed by atoms with Gasteiger partial charge in [0.1, 0.15) is 0 Å². The predicted octanol–water partition coefficient (Wildman–Crippen LogP) is 2.52. The van der Waals surface area contributed by atoms with Crippen molar-refractivity contribution in [1.82, 2.24) is 9.80 Å². The summed E-state index contributed by atoms with van der Waals surface area (Å²) in [6, 6.07) is 2.42. The van der Waals surface area contributed by atoms with Gasteiger partial charge < -0.3 is 14.2 Å². The van der Waals surface area contributed by atoms with E-state index in [0.29, 0.717) is 16.5 Å². The minimum atomic E-state index is 0.00964. The Morgan fingerprint density at radius 3 is 2.50 bits per heavy atom. The summed E-state index contributed by atoms with van der Waals surface area (Å²) in [5.74, 6) is 0.473. The van der Waals surface area contributed by atoms with Gasteiger partial charge in [-0.15, -0.1) is 0 Å². The Balaban J connectivity index is 2.02. The van der Waals surface area contributed by atoms with Gasteiger partial charge in [0.15, 0.2) is 10.4 Å². The van der Waals surface area contributed by atoms with E-state index >= 15 is 0 Å². The molecule has 0 saturated carbocycles. The number of carbonyl (C=O) groups is 1. The van der Waals surface area contributed by atoms with Crippen molar-refractivity contribution >= 4 is 21.8 Å². The molecule has 4 nitrogen and oxygen atoms in total. The van der Waals surface area contributed by atoms with E-state index < -0.39 is 0 Å². The number of aryl methyl sites for hydroxylation is 1. The summed E-state index contributed by atoms with van der Waals surface area (Å²) in [6.45, 7) is 3.51. The number of carbonyl (C=O) groups excluding carboxylic acids is 1. The van der Waals surface area contributed by atoms with Gasteiger partial charge >= 0.3 is 0 Å².